The van der Waals surface area contributed by atoms with Crippen LogP contribution < -0.4 is 11.1 Å². The molecule has 1 atom stereocenters. The van der Waals surface area contributed by atoms with Crippen LogP contribution in [0.1, 0.15) is 124 Å². The van der Waals surface area contributed by atoms with Gasteiger partial charge in [-0.1, -0.05) is 91.4 Å². The van der Waals surface area contributed by atoms with Crippen molar-refractivity contribution < 1.29 is 9.59 Å². The van der Waals surface area contributed by atoms with Crippen LogP contribution in [0.4, 0.5) is 0 Å². The monoisotopic (exact) mass is 425 g/mol. The summed E-state index contributed by atoms with van der Waals surface area (Å²) in [5.74, 6) is -0.188. The van der Waals surface area contributed by atoms with Crippen molar-refractivity contribution >= 4 is 11.8 Å². The minimum atomic E-state index is -0.331. The molecule has 0 bridgehead atoms. The van der Waals surface area contributed by atoms with Gasteiger partial charge >= 0.3 is 0 Å². The summed E-state index contributed by atoms with van der Waals surface area (Å²) in [4.78, 5) is 26.4. The molecule has 0 aromatic rings. The van der Waals surface area contributed by atoms with E-state index in [1.54, 1.807) is 0 Å². The molecular formula is C25H51N3O2. The van der Waals surface area contributed by atoms with Crippen molar-refractivity contribution in [3.05, 3.63) is 0 Å². The van der Waals surface area contributed by atoms with Crippen LogP contribution in [0.2, 0.25) is 0 Å². The summed E-state index contributed by atoms with van der Waals surface area (Å²) in [6.45, 7) is 9.01. The quantitative estimate of drug-likeness (QED) is 0.223. The zero-order valence-corrected chi connectivity index (χ0v) is 20.4. The Morgan fingerprint density at radius 3 is 1.67 bits per heavy atom. The Morgan fingerprint density at radius 1 is 0.733 bits per heavy atom. The lowest BCUT2D eigenvalue weighted by Crippen LogP contribution is -2.48. The number of rotatable bonds is 22. The van der Waals surface area contributed by atoms with Gasteiger partial charge in [-0.15, -0.1) is 0 Å². The topological polar surface area (TPSA) is 75.4 Å². The predicted octanol–water partition coefficient (Wildman–Crippen LogP) is 5.56. The first kappa shape index (κ1) is 28.9. The van der Waals surface area contributed by atoms with Gasteiger partial charge in [0.25, 0.3) is 0 Å². The Bertz CT molecular complexity index is 407. The Balaban J connectivity index is 4.27. The van der Waals surface area contributed by atoms with Crippen LogP contribution in [0, 0.1) is 0 Å². The van der Waals surface area contributed by atoms with E-state index < -0.39 is 0 Å². The van der Waals surface area contributed by atoms with Crippen LogP contribution in [0.25, 0.3) is 0 Å². The average Bonchev–Trinajstić information content (AvgIpc) is 2.73. The Labute approximate surface area is 186 Å². The number of amides is 2. The number of nitrogens with two attached hydrogens (primary N) is 1. The highest BCUT2D eigenvalue weighted by Gasteiger charge is 2.23. The summed E-state index contributed by atoms with van der Waals surface area (Å²) in [7, 11) is 0. The SMILES string of the molecule is CCCCCCCCCCCCN[C@@H](CCC(N)=O)C(=O)N(CCCC)CCCC. The molecule has 0 radical (unpaired) electrons. The lowest BCUT2D eigenvalue weighted by Gasteiger charge is -2.28. The summed E-state index contributed by atoms with van der Waals surface area (Å²) in [5, 5.41) is 3.43. The fourth-order valence-corrected chi connectivity index (χ4v) is 3.74. The maximum Gasteiger partial charge on any atom is 0.239 e. The summed E-state index contributed by atoms with van der Waals surface area (Å²) in [6, 6.07) is -0.287. The van der Waals surface area contributed by atoms with Crippen molar-refractivity contribution in [3.63, 3.8) is 0 Å². The third kappa shape index (κ3) is 16.7. The maximum absolute atomic E-state index is 13.1. The highest BCUT2D eigenvalue weighted by molar-refractivity contribution is 5.83. The molecule has 0 spiro atoms. The van der Waals surface area contributed by atoms with Gasteiger partial charge in [-0.2, -0.15) is 0 Å². The lowest BCUT2D eigenvalue weighted by atomic mass is 10.1. The molecule has 0 heterocycles. The second-order valence-corrected chi connectivity index (χ2v) is 8.73. The fourth-order valence-electron chi connectivity index (χ4n) is 3.74. The molecule has 0 unspecified atom stereocenters. The van der Waals surface area contributed by atoms with E-state index in [4.69, 9.17) is 5.73 Å². The van der Waals surface area contributed by atoms with Gasteiger partial charge in [-0.05, 0) is 32.2 Å². The second-order valence-electron chi connectivity index (χ2n) is 8.73. The normalized spacial score (nSPS) is 12.1. The average molecular weight is 426 g/mol. The van der Waals surface area contributed by atoms with E-state index in [1.807, 2.05) is 4.90 Å². The van der Waals surface area contributed by atoms with Crippen molar-refractivity contribution in [2.45, 2.75) is 130 Å². The number of nitrogens with one attached hydrogen (secondary N) is 1. The van der Waals surface area contributed by atoms with Crippen LogP contribution in [0.5, 0.6) is 0 Å². The van der Waals surface area contributed by atoms with Gasteiger partial charge in [0.2, 0.25) is 11.8 Å². The maximum atomic E-state index is 13.1. The molecule has 0 saturated carbocycles. The van der Waals surface area contributed by atoms with E-state index >= 15 is 0 Å². The molecule has 178 valence electrons. The third-order valence-corrected chi connectivity index (χ3v) is 5.77. The number of carbonyl (C=O) groups is 2. The molecule has 5 nitrogen and oxygen atoms in total. The molecule has 30 heavy (non-hydrogen) atoms. The molecule has 0 aliphatic heterocycles. The summed E-state index contributed by atoms with van der Waals surface area (Å²) in [6.07, 6.45) is 18.0. The van der Waals surface area contributed by atoms with Crippen molar-refractivity contribution in [1.29, 1.82) is 0 Å². The van der Waals surface area contributed by atoms with Gasteiger partial charge in [-0.3, -0.25) is 9.59 Å². The largest absolute Gasteiger partial charge is 0.370 e. The van der Waals surface area contributed by atoms with Crippen LogP contribution in [0.3, 0.4) is 0 Å². The summed E-state index contributed by atoms with van der Waals surface area (Å²) < 4.78 is 0. The van der Waals surface area contributed by atoms with Crippen LogP contribution >= 0.6 is 0 Å². The number of primary amides is 1. The van der Waals surface area contributed by atoms with E-state index in [9.17, 15) is 9.59 Å². The number of hydrogen-bond donors (Lipinski definition) is 2. The van der Waals surface area contributed by atoms with Gasteiger partial charge in [0.1, 0.15) is 0 Å². The molecule has 0 rings (SSSR count). The first-order valence-corrected chi connectivity index (χ1v) is 12.9. The van der Waals surface area contributed by atoms with Crippen LogP contribution in [-0.2, 0) is 9.59 Å². The van der Waals surface area contributed by atoms with E-state index in [1.165, 1.54) is 57.8 Å². The molecule has 0 aromatic carbocycles. The zero-order valence-electron chi connectivity index (χ0n) is 20.4. The summed E-state index contributed by atoms with van der Waals surface area (Å²) in [5.41, 5.74) is 5.35. The molecular weight excluding hydrogens is 374 g/mol. The van der Waals surface area contributed by atoms with Gasteiger partial charge in [-0.25, -0.2) is 0 Å². The van der Waals surface area contributed by atoms with Gasteiger partial charge in [0.15, 0.2) is 0 Å². The molecule has 0 aromatic heterocycles. The second kappa shape index (κ2) is 21.1. The van der Waals surface area contributed by atoms with Crippen molar-refractivity contribution in [3.8, 4) is 0 Å². The number of unbranched alkanes of at least 4 members (excludes halogenated alkanes) is 11. The van der Waals surface area contributed by atoms with E-state index in [2.05, 4.69) is 26.1 Å². The van der Waals surface area contributed by atoms with E-state index in [0.717, 1.165) is 51.7 Å². The standard InChI is InChI=1S/C25H51N3O2/c1-4-7-10-11-12-13-14-15-16-17-20-27-23(18-19-24(26)29)25(30)28(21-8-5-2)22-9-6-3/h23,27H,4-22H2,1-3H3,(H2,26,29)/t23-/m0/s1. The van der Waals surface area contributed by atoms with Crippen molar-refractivity contribution in [2.75, 3.05) is 19.6 Å². The van der Waals surface area contributed by atoms with Crippen LogP contribution in [-0.4, -0.2) is 42.4 Å². The highest BCUT2D eigenvalue weighted by Crippen LogP contribution is 2.11. The smallest absolute Gasteiger partial charge is 0.239 e. The fraction of sp³-hybridized carbons (Fsp3) is 0.920. The van der Waals surface area contributed by atoms with Crippen molar-refractivity contribution in [2.24, 2.45) is 5.73 Å². The van der Waals surface area contributed by atoms with Gasteiger partial charge < -0.3 is 16.0 Å². The lowest BCUT2D eigenvalue weighted by molar-refractivity contribution is -0.134. The first-order chi connectivity index (χ1) is 14.6. The zero-order chi connectivity index (χ0) is 22.5. The molecule has 2 amide bonds. The number of hydrogen-bond acceptors (Lipinski definition) is 3. The molecule has 3 N–H and O–H groups in total. The predicted molar refractivity (Wildman–Crippen MR) is 128 cm³/mol. The van der Waals surface area contributed by atoms with E-state index in [0.29, 0.717) is 6.42 Å². The molecule has 5 heteroatoms. The summed E-state index contributed by atoms with van der Waals surface area (Å²) >= 11 is 0. The molecule has 0 aliphatic carbocycles. The minimum Gasteiger partial charge on any atom is -0.370 e. The molecule has 0 saturated heterocycles. The van der Waals surface area contributed by atoms with Gasteiger partial charge in [0.05, 0.1) is 6.04 Å². The minimum absolute atomic E-state index is 0.144. The first-order valence-electron chi connectivity index (χ1n) is 12.9. The van der Waals surface area contributed by atoms with Crippen molar-refractivity contribution in [1.82, 2.24) is 10.2 Å². The molecule has 0 fully saturated rings. The van der Waals surface area contributed by atoms with Gasteiger partial charge in [0, 0.05) is 19.5 Å². The molecule has 0 aliphatic rings. The van der Waals surface area contributed by atoms with E-state index in [-0.39, 0.29) is 24.3 Å². The highest BCUT2D eigenvalue weighted by atomic mass is 16.2. The third-order valence-electron chi connectivity index (χ3n) is 5.77. The Morgan fingerprint density at radius 2 is 1.20 bits per heavy atom. The van der Waals surface area contributed by atoms with Crippen LogP contribution in [0.15, 0.2) is 0 Å². The Kier molecular flexibility index (Phi) is 20.4. The number of carbonyl (C=O) groups excluding carboxylic acids is 2. The number of nitrogens with zero attached hydrogens (tertiary/aromatic N) is 1. The Hall–Kier alpha value is -1.10.